The van der Waals surface area contributed by atoms with Crippen LogP contribution in [0.3, 0.4) is 0 Å². The predicted octanol–water partition coefficient (Wildman–Crippen LogP) is 3.13. The Balaban J connectivity index is 1.67. The molecule has 0 atom stereocenters. The van der Waals surface area contributed by atoms with E-state index >= 15 is 0 Å². The first-order valence-corrected chi connectivity index (χ1v) is 6.53. The summed E-state index contributed by atoms with van der Waals surface area (Å²) >= 11 is 0. The van der Waals surface area contributed by atoms with Crippen molar-refractivity contribution in [3.8, 4) is 0 Å². The SMILES string of the molecule is O=C(Nc1ccc(N2CCCC2)cc1)c1ccco1. The lowest BCUT2D eigenvalue weighted by molar-refractivity contribution is 0.0996. The largest absolute Gasteiger partial charge is 0.459 e. The molecular weight excluding hydrogens is 240 g/mol. The normalized spacial score (nSPS) is 14.6. The Morgan fingerprint density at radius 1 is 1.11 bits per heavy atom. The van der Waals surface area contributed by atoms with Crippen LogP contribution in [-0.2, 0) is 0 Å². The monoisotopic (exact) mass is 256 g/mol. The molecular formula is C15H16N2O2. The molecule has 0 saturated carbocycles. The summed E-state index contributed by atoms with van der Waals surface area (Å²) in [5.74, 6) is 0.0996. The van der Waals surface area contributed by atoms with Crippen LogP contribution in [0.4, 0.5) is 11.4 Å². The number of nitrogens with zero attached hydrogens (tertiary/aromatic N) is 1. The molecule has 1 saturated heterocycles. The molecule has 2 heterocycles. The Morgan fingerprint density at radius 2 is 1.84 bits per heavy atom. The summed E-state index contributed by atoms with van der Waals surface area (Å²) in [5.41, 5.74) is 2.00. The molecule has 0 radical (unpaired) electrons. The molecule has 0 spiro atoms. The molecule has 1 N–H and O–H groups in total. The van der Waals surface area contributed by atoms with Crippen LogP contribution in [0.25, 0.3) is 0 Å². The number of amides is 1. The number of hydrogen-bond acceptors (Lipinski definition) is 3. The maximum absolute atomic E-state index is 11.8. The highest BCUT2D eigenvalue weighted by Crippen LogP contribution is 2.22. The molecule has 0 aliphatic carbocycles. The van der Waals surface area contributed by atoms with Crippen molar-refractivity contribution in [2.45, 2.75) is 12.8 Å². The van der Waals surface area contributed by atoms with Crippen molar-refractivity contribution in [2.24, 2.45) is 0 Å². The third-order valence-electron chi connectivity index (χ3n) is 3.34. The number of nitrogens with one attached hydrogen (secondary N) is 1. The van der Waals surface area contributed by atoms with Gasteiger partial charge in [-0.1, -0.05) is 0 Å². The van der Waals surface area contributed by atoms with Crippen LogP contribution in [0.15, 0.2) is 47.1 Å². The molecule has 1 aromatic heterocycles. The molecule has 1 aliphatic rings. The van der Waals surface area contributed by atoms with Crippen LogP contribution in [-0.4, -0.2) is 19.0 Å². The van der Waals surface area contributed by atoms with Gasteiger partial charge in [-0.2, -0.15) is 0 Å². The van der Waals surface area contributed by atoms with Crippen LogP contribution < -0.4 is 10.2 Å². The lowest BCUT2D eigenvalue weighted by Gasteiger charge is -2.17. The van der Waals surface area contributed by atoms with E-state index in [1.54, 1.807) is 12.1 Å². The van der Waals surface area contributed by atoms with E-state index in [0.29, 0.717) is 5.76 Å². The number of furan rings is 1. The van der Waals surface area contributed by atoms with Gasteiger partial charge in [0.2, 0.25) is 0 Å². The molecule has 4 nitrogen and oxygen atoms in total. The zero-order chi connectivity index (χ0) is 13.1. The fraction of sp³-hybridized carbons (Fsp3) is 0.267. The molecule has 0 unspecified atom stereocenters. The molecule has 4 heteroatoms. The van der Waals surface area contributed by atoms with E-state index in [-0.39, 0.29) is 5.91 Å². The number of benzene rings is 1. The second kappa shape index (κ2) is 5.18. The summed E-state index contributed by atoms with van der Waals surface area (Å²) in [7, 11) is 0. The average molecular weight is 256 g/mol. The van der Waals surface area contributed by atoms with E-state index in [1.807, 2.05) is 24.3 Å². The molecule has 19 heavy (non-hydrogen) atoms. The first-order valence-electron chi connectivity index (χ1n) is 6.53. The lowest BCUT2D eigenvalue weighted by Crippen LogP contribution is -2.17. The number of anilines is 2. The Hall–Kier alpha value is -2.23. The van der Waals surface area contributed by atoms with Crippen molar-refractivity contribution >= 4 is 17.3 Å². The van der Waals surface area contributed by atoms with Gasteiger partial charge in [0.05, 0.1) is 6.26 Å². The molecule has 1 amide bonds. The topological polar surface area (TPSA) is 45.5 Å². The van der Waals surface area contributed by atoms with Gasteiger partial charge < -0.3 is 14.6 Å². The Kier molecular flexibility index (Phi) is 3.23. The van der Waals surface area contributed by atoms with Gasteiger partial charge in [0.25, 0.3) is 5.91 Å². The van der Waals surface area contributed by atoms with Crippen molar-refractivity contribution in [1.29, 1.82) is 0 Å². The van der Waals surface area contributed by atoms with E-state index in [2.05, 4.69) is 10.2 Å². The van der Waals surface area contributed by atoms with E-state index in [1.165, 1.54) is 24.8 Å². The van der Waals surface area contributed by atoms with Gasteiger partial charge in [0, 0.05) is 24.5 Å². The smallest absolute Gasteiger partial charge is 0.291 e. The summed E-state index contributed by atoms with van der Waals surface area (Å²) < 4.78 is 5.05. The van der Waals surface area contributed by atoms with Crippen LogP contribution >= 0.6 is 0 Å². The van der Waals surface area contributed by atoms with Crippen molar-refractivity contribution in [1.82, 2.24) is 0 Å². The number of hydrogen-bond donors (Lipinski definition) is 1. The fourth-order valence-corrected chi connectivity index (χ4v) is 2.33. The first kappa shape index (κ1) is 11.8. The molecule has 2 aromatic rings. The van der Waals surface area contributed by atoms with Gasteiger partial charge in [-0.15, -0.1) is 0 Å². The minimum atomic E-state index is -0.223. The number of carbonyl (C=O) groups is 1. The minimum Gasteiger partial charge on any atom is -0.459 e. The second-order valence-electron chi connectivity index (χ2n) is 4.67. The summed E-state index contributed by atoms with van der Waals surface area (Å²) in [5, 5.41) is 2.81. The lowest BCUT2D eigenvalue weighted by atomic mass is 10.2. The third-order valence-corrected chi connectivity index (χ3v) is 3.34. The van der Waals surface area contributed by atoms with E-state index in [9.17, 15) is 4.79 Å². The van der Waals surface area contributed by atoms with Crippen molar-refractivity contribution in [2.75, 3.05) is 23.3 Å². The van der Waals surface area contributed by atoms with Crippen LogP contribution in [0.2, 0.25) is 0 Å². The Labute approximate surface area is 112 Å². The van der Waals surface area contributed by atoms with Gasteiger partial charge in [0.15, 0.2) is 5.76 Å². The third kappa shape index (κ3) is 2.62. The quantitative estimate of drug-likeness (QED) is 0.917. The maximum Gasteiger partial charge on any atom is 0.291 e. The second-order valence-corrected chi connectivity index (χ2v) is 4.67. The molecule has 3 rings (SSSR count). The fourth-order valence-electron chi connectivity index (χ4n) is 2.33. The molecule has 1 aromatic carbocycles. The molecule has 1 aliphatic heterocycles. The molecule has 0 bridgehead atoms. The van der Waals surface area contributed by atoms with Crippen molar-refractivity contribution < 1.29 is 9.21 Å². The average Bonchev–Trinajstić information content (AvgIpc) is 3.13. The minimum absolute atomic E-state index is 0.223. The van der Waals surface area contributed by atoms with Gasteiger partial charge in [-0.05, 0) is 49.2 Å². The van der Waals surface area contributed by atoms with Gasteiger partial charge in [-0.25, -0.2) is 0 Å². The van der Waals surface area contributed by atoms with E-state index < -0.39 is 0 Å². The van der Waals surface area contributed by atoms with Gasteiger partial charge in [0.1, 0.15) is 0 Å². The number of rotatable bonds is 3. The highest BCUT2D eigenvalue weighted by Gasteiger charge is 2.12. The Morgan fingerprint density at radius 3 is 2.47 bits per heavy atom. The summed E-state index contributed by atoms with van der Waals surface area (Å²) in [6.07, 6.45) is 4.01. The highest BCUT2D eigenvalue weighted by molar-refractivity contribution is 6.02. The van der Waals surface area contributed by atoms with Crippen molar-refractivity contribution in [3.05, 3.63) is 48.4 Å². The molecule has 98 valence electrons. The summed E-state index contributed by atoms with van der Waals surface area (Å²) in [4.78, 5) is 14.2. The predicted molar refractivity (Wildman–Crippen MR) is 74.6 cm³/mol. The van der Waals surface area contributed by atoms with E-state index in [4.69, 9.17) is 4.42 Å². The first-order chi connectivity index (χ1) is 9.33. The Bertz CT molecular complexity index is 540. The van der Waals surface area contributed by atoms with Crippen molar-refractivity contribution in [3.63, 3.8) is 0 Å². The zero-order valence-electron chi connectivity index (χ0n) is 10.6. The highest BCUT2D eigenvalue weighted by atomic mass is 16.3. The van der Waals surface area contributed by atoms with Gasteiger partial charge >= 0.3 is 0 Å². The maximum atomic E-state index is 11.8. The summed E-state index contributed by atoms with van der Waals surface area (Å²) in [6.45, 7) is 2.25. The molecule has 1 fully saturated rings. The van der Waals surface area contributed by atoms with Crippen LogP contribution in [0.5, 0.6) is 0 Å². The van der Waals surface area contributed by atoms with E-state index in [0.717, 1.165) is 18.8 Å². The summed E-state index contributed by atoms with van der Waals surface area (Å²) in [6, 6.07) is 11.3. The van der Waals surface area contributed by atoms with Crippen LogP contribution in [0.1, 0.15) is 23.4 Å². The van der Waals surface area contributed by atoms with Crippen LogP contribution in [0, 0.1) is 0 Å². The zero-order valence-corrected chi connectivity index (χ0v) is 10.6. The standard InChI is InChI=1S/C15H16N2O2/c18-15(14-4-3-11-19-14)16-12-5-7-13(8-6-12)17-9-1-2-10-17/h3-8,11H,1-2,9-10H2,(H,16,18). The number of carbonyl (C=O) groups excluding carboxylic acids is 1. The van der Waals surface area contributed by atoms with Gasteiger partial charge in [-0.3, -0.25) is 4.79 Å².